The van der Waals surface area contributed by atoms with Crippen molar-refractivity contribution in [3.8, 4) is 0 Å². The first-order chi connectivity index (χ1) is 9.70. The van der Waals surface area contributed by atoms with Crippen LogP contribution in [0.1, 0.15) is 25.7 Å². The lowest BCUT2D eigenvalue weighted by Gasteiger charge is -2.33. The van der Waals surface area contributed by atoms with Crippen molar-refractivity contribution in [1.29, 1.82) is 0 Å². The Hall–Kier alpha value is -0.670. The van der Waals surface area contributed by atoms with Crippen molar-refractivity contribution in [1.82, 2.24) is 9.71 Å². The molecule has 21 heavy (non-hydrogen) atoms. The van der Waals surface area contributed by atoms with E-state index < -0.39 is 28.2 Å². The van der Waals surface area contributed by atoms with Crippen LogP contribution < -0.4 is 4.72 Å². The predicted molar refractivity (Wildman–Crippen MR) is 74.1 cm³/mol. The van der Waals surface area contributed by atoms with Crippen LogP contribution in [0.15, 0.2) is 27.8 Å². The molecule has 2 rings (SSSR count). The van der Waals surface area contributed by atoms with E-state index >= 15 is 0 Å². The Morgan fingerprint density at radius 1 is 1.24 bits per heavy atom. The van der Waals surface area contributed by atoms with Gasteiger partial charge in [-0.05, 0) is 34.8 Å². The van der Waals surface area contributed by atoms with Gasteiger partial charge in [-0.1, -0.05) is 12.8 Å². The monoisotopic (exact) mass is 386 g/mol. The summed E-state index contributed by atoms with van der Waals surface area (Å²) in [4.78, 5) is 3.57. The fraction of sp³-hybridized carbons (Fsp3) is 0.583. The van der Waals surface area contributed by atoms with E-state index in [9.17, 15) is 21.6 Å². The van der Waals surface area contributed by atoms with Gasteiger partial charge >= 0.3 is 6.18 Å². The Balaban J connectivity index is 2.22. The minimum Gasteiger partial charge on any atom is -0.262 e. The molecule has 0 saturated heterocycles. The molecule has 0 aliphatic heterocycles. The van der Waals surface area contributed by atoms with Crippen LogP contribution >= 0.6 is 15.9 Å². The quantitative estimate of drug-likeness (QED) is 0.867. The van der Waals surface area contributed by atoms with Crippen LogP contribution in [0.25, 0.3) is 0 Å². The van der Waals surface area contributed by atoms with Crippen molar-refractivity contribution in [2.24, 2.45) is 5.92 Å². The van der Waals surface area contributed by atoms with Crippen LogP contribution in [0.3, 0.4) is 0 Å². The van der Waals surface area contributed by atoms with Crippen molar-refractivity contribution >= 4 is 26.0 Å². The third-order valence-electron chi connectivity index (χ3n) is 3.48. The number of aromatic nitrogens is 1. The highest BCUT2D eigenvalue weighted by atomic mass is 79.9. The summed E-state index contributed by atoms with van der Waals surface area (Å²) in [7, 11) is -4.02. The highest BCUT2D eigenvalue weighted by Gasteiger charge is 2.46. The second-order valence-corrected chi connectivity index (χ2v) is 7.63. The Morgan fingerprint density at radius 3 is 2.52 bits per heavy atom. The van der Waals surface area contributed by atoms with Crippen LogP contribution in [-0.2, 0) is 10.0 Å². The highest BCUT2D eigenvalue weighted by Crippen LogP contribution is 2.38. The maximum atomic E-state index is 13.0. The van der Waals surface area contributed by atoms with E-state index in [0.717, 1.165) is 6.20 Å². The number of nitrogens with zero attached hydrogens (tertiary/aromatic N) is 1. The standard InChI is InChI=1S/C12H14BrF3N2O2S/c13-8-5-9(7-17-6-8)21(19,20)18-11-4-2-1-3-10(11)12(14,15)16/h5-7,10-11,18H,1-4H2. The molecule has 0 spiro atoms. The molecule has 1 N–H and O–H groups in total. The van der Waals surface area contributed by atoms with Crippen LogP contribution in [-0.4, -0.2) is 25.6 Å². The summed E-state index contributed by atoms with van der Waals surface area (Å²) in [6.45, 7) is 0. The van der Waals surface area contributed by atoms with Gasteiger partial charge < -0.3 is 0 Å². The lowest BCUT2D eigenvalue weighted by molar-refractivity contribution is -0.187. The predicted octanol–water partition coefficient (Wildman–Crippen LogP) is 3.24. The van der Waals surface area contributed by atoms with E-state index in [1.54, 1.807) is 0 Å². The van der Waals surface area contributed by atoms with Gasteiger partial charge in [0, 0.05) is 22.9 Å². The normalized spacial score (nSPS) is 24.0. The minimum atomic E-state index is -4.40. The Bertz CT molecular complexity index is 607. The molecule has 4 nitrogen and oxygen atoms in total. The summed E-state index contributed by atoms with van der Waals surface area (Å²) in [5.41, 5.74) is 0. The molecule has 0 aromatic carbocycles. The number of pyridine rings is 1. The number of nitrogens with one attached hydrogen (secondary N) is 1. The van der Waals surface area contributed by atoms with Crippen LogP contribution in [0, 0.1) is 5.92 Å². The summed E-state index contributed by atoms with van der Waals surface area (Å²) < 4.78 is 65.9. The van der Waals surface area contributed by atoms with Gasteiger partial charge in [-0.25, -0.2) is 13.1 Å². The maximum absolute atomic E-state index is 13.0. The molecular weight excluding hydrogens is 373 g/mol. The van der Waals surface area contributed by atoms with Gasteiger partial charge in [-0.3, -0.25) is 4.98 Å². The molecule has 1 fully saturated rings. The van der Waals surface area contributed by atoms with E-state index in [-0.39, 0.29) is 17.7 Å². The van der Waals surface area contributed by atoms with E-state index in [4.69, 9.17) is 0 Å². The third-order valence-corrected chi connectivity index (χ3v) is 5.37. The van der Waals surface area contributed by atoms with Crippen molar-refractivity contribution in [3.05, 3.63) is 22.9 Å². The van der Waals surface area contributed by atoms with E-state index in [2.05, 4.69) is 25.6 Å². The summed E-state index contributed by atoms with van der Waals surface area (Å²) in [5, 5.41) is 0. The van der Waals surface area contributed by atoms with Crippen molar-refractivity contribution in [2.45, 2.75) is 42.8 Å². The Morgan fingerprint density at radius 2 is 1.90 bits per heavy atom. The van der Waals surface area contributed by atoms with E-state index in [0.29, 0.717) is 17.3 Å². The first-order valence-corrected chi connectivity index (χ1v) is 8.67. The summed E-state index contributed by atoms with van der Waals surface area (Å²) >= 11 is 3.09. The van der Waals surface area contributed by atoms with Crippen molar-refractivity contribution < 1.29 is 21.6 Å². The number of hydrogen-bond acceptors (Lipinski definition) is 3. The van der Waals surface area contributed by atoms with Crippen LogP contribution in [0.2, 0.25) is 0 Å². The molecule has 9 heteroatoms. The zero-order valence-corrected chi connectivity index (χ0v) is 13.3. The summed E-state index contributed by atoms with van der Waals surface area (Å²) in [6.07, 6.45) is -0.713. The van der Waals surface area contributed by atoms with Crippen LogP contribution in [0.4, 0.5) is 13.2 Å². The number of halogens is 4. The molecular formula is C12H14BrF3N2O2S. The average Bonchev–Trinajstić information content (AvgIpc) is 2.37. The highest BCUT2D eigenvalue weighted by molar-refractivity contribution is 9.10. The van der Waals surface area contributed by atoms with E-state index in [1.165, 1.54) is 12.3 Å². The Kier molecular flexibility index (Phi) is 4.94. The second-order valence-electron chi connectivity index (χ2n) is 5.00. The smallest absolute Gasteiger partial charge is 0.262 e. The molecule has 2 unspecified atom stereocenters. The third kappa shape index (κ3) is 4.17. The number of sulfonamides is 1. The Labute approximate surface area is 129 Å². The van der Waals surface area contributed by atoms with Gasteiger partial charge in [0.15, 0.2) is 0 Å². The van der Waals surface area contributed by atoms with E-state index in [1.807, 2.05) is 0 Å². The van der Waals surface area contributed by atoms with Crippen LogP contribution in [0.5, 0.6) is 0 Å². The minimum absolute atomic E-state index is 0.0482. The molecule has 0 radical (unpaired) electrons. The molecule has 1 aliphatic rings. The molecule has 1 saturated carbocycles. The molecule has 2 atom stereocenters. The molecule has 1 aromatic rings. The SMILES string of the molecule is O=S(=O)(NC1CCCCC1C(F)(F)F)c1cncc(Br)c1. The maximum Gasteiger partial charge on any atom is 0.393 e. The zero-order valence-electron chi connectivity index (χ0n) is 10.9. The molecule has 1 heterocycles. The molecule has 1 aromatic heterocycles. The van der Waals surface area contributed by atoms with Gasteiger partial charge in [0.05, 0.1) is 5.92 Å². The van der Waals surface area contributed by atoms with Gasteiger partial charge in [0.25, 0.3) is 0 Å². The van der Waals surface area contributed by atoms with Gasteiger partial charge in [-0.2, -0.15) is 13.2 Å². The topological polar surface area (TPSA) is 59.1 Å². The lowest BCUT2D eigenvalue weighted by Crippen LogP contribution is -2.47. The zero-order chi connectivity index (χ0) is 15.7. The molecule has 118 valence electrons. The number of rotatable bonds is 3. The van der Waals surface area contributed by atoms with Gasteiger partial charge in [-0.15, -0.1) is 0 Å². The average molecular weight is 387 g/mol. The van der Waals surface area contributed by atoms with Gasteiger partial charge in [0.2, 0.25) is 10.0 Å². The summed E-state index contributed by atoms with van der Waals surface area (Å²) in [6, 6.07) is 0.184. The molecule has 1 aliphatic carbocycles. The fourth-order valence-electron chi connectivity index (χ4n) is 2.47. The molecule has 0 amide bonds. The second kappa shape index (κ2) is 6.21. The number of hydrogen-bond donors (Lipinski definition) is 1. The summed E-state index contributed by atoms with van der Waals surface area (Å²) in [5.74, 6) is -1.64. The number of alkyl halides is 3. The van der Waals surface area contributed by atoms with Crippen molar-refractivity contribution in [3.63, 3.8) is 0 Å². The van der Waals surface area contributed by atoms with Crippen molar-refractivity contribution in [2.75, 3.05) is 0 Å². The first kappa shape index (κ1) is 16.7. The lowest BCUT2D eigenvalue weighted by atomic mass is 9.85. The van der Waals surface area contributed by atoms with Gasteiger partial charge in [0.1, 0.15) is 4.90 Å². The largest absolute Gasteiger partial charge is 0.393 e. The molecule has 0 bridgehead atoms. The first-order valence-electron chi connectivity index (χ1n) is 6.40. The fourth-order valence-corrected chi connectivity index (χ4v) is 4.29.